The van der Waals surface area contributed by atoms with Crippen LogP contribution in [0.3, 0.4) is 0 Å². The lowest BCUT2D eigenvalue weighted by Crippen LogP contribution is -2.38. The Morgan fingerprint density at radius 3 is 2.71 bits per heavy atom. The first-order valence-corrected chi connectivity index (χ1v) is 5.73. The van der Waals surface area contributed by atoms with E-state index in [1.807, 2.05) is 6.92 Å². The van der Waals surface area contributed by atoms with Crippen molar-refractivity contribution in [2.24, 2.45) is 5.92 Å². The number of carboxylic acids is 1. The zero-order chi connectivity index (χ0) is 13.1. The van der Waals surface area contributed by atoms with Crippen LogP contribution >= 0.6 is 0 Å². The van der Waals surface area contributed by atoms with Gasteiger partial charge in [-0.25, -0.2) is 4.79 Å². The number of rotatable bonds is 8. The van der Waals surface area contributed by atoms with E-state index < -0.39 is 5.97 Å². The van der Waals surface area contributed by atoms with Crippen molar-refractivity contribution in [2.75, 3.05) is 13.1 Å². The molecule has 0 aromatic heterocycles. The van der Waals surface area contributed by atoms with Crippen LogP contribution in [0.25, 0.3) is 0 Å². The van der Waals surface area contributed by atoms with Gasteiger partial charge < -0.3 is 15.7 Å². The van der Waals surface area contributed by atoms with Gasteiger partial charge in [0, 0.05) is 25.9 Å². The fraction of sp³-hybridized carbons (Fsp3) is 0.667. The number of hydrogen-bond donors (Lipinski definition) is 3. The van der Waals surface area contributed by atoms with E-state index >= 15 is 0 Å². The molecule has 0 aliphatic rings. The summed E-state index contributed by atoms with van der Waals surface area (Å²) in [6.45, 7) is 2.94. The molecule has 0 saturated heterocycles. The first-order chi connectivity index (χ1) is 8.06. The highest BCUT2D eigenvalue weighted by Crippen LogP contribution is 2.03. The average Bonchev–Trinajstić information content (AvgIpc) is 2.29. The minimum absolute atomic E-state index is 0.132. The molecule has 0 spiro atoms. The SMILES string of the molecule is C#CCCCNC(=O)NCC(C)CCC(=O)O. The van der Waals surface area contributed by atoms with Crippen LogP contribution in [-0.4, -0.2) is 30.2 Å². The Kier molecular flexibility index (Phi) is 8.57. The second kappa shape index (κ2) is 9.52. The summed E-state index contributed by atoms with van der Waals surface area (Å²) in [7, 11) is 0. The monoisotopic (exact) mass is 240 g/mol. The Hall–Kier alpha value is -1.70. The average molecular weight is 240 g/mol. The highest BCUT2D eigenvalue weighted by Gasteiger charge is 2.07. The summed E-state index contributed by atoms with van der Waals surface area (Å²) >= 11 is 0. The third-order valence-corrected chi connectivity index (χ3v) is 2.25. The lowest BCUT2D eigenvalue weighted by atomic mass is 10.1. The second-order valence-corrected chi connectivity index (χ2v) is 3.98. The van der Waals surface area contributed by atoms with Crippen molar-refractivity contribution >= 4 is 12.0 Å². The van der Waals surface area contributed by atoms with Crippen LogP contribution in [0.15, 0.2) is 0 Å². The van der Waals surface area contributed by atoms with E-state index in [4.69, 9.17) is 11.5 Å². The second-order valence-electron chi connectivity index (χ2n) is 3.98. The van der Waals surface area contributed by atoms with Gasteiger partial charge in [-0.2, -0.15) is 0 Å². The van der Waals surface area contributed by atoms with E-state index in [-0.39, 0.29) is 18.4 Å². The van der Waals surface area contributed by atoms with Gasteiger partial charge in [0.15, 0.2) is 0 Å². The van der Waals surface area contributed by atoms with E-state index in [0.29, 0.717) is 25.9 Å². The van der Waals surface area contributed by atoms with Gasteiger partial charge in [-0.15, -0.1) is 12.3 Å². The van der Waals surface area contributed by atoms with E-state index in [2.05, 4.69) is 16.6 Å². The zero-order valence-corrected chi connectivity index (χ0v) is 10.2. The maximum absolute atomic E-state index is 11.3. The predicted molar refractivity (Wildman–Crippen MR) is 65.5 cm³/mol. The predicted octanol–water partition coefficient (Wildman–Crippen LogP) is 1.20. The lowest BCUT2D eigenvalue weighted by Gasteiger charge is -2.12. The first-order valence-electron chi connectivity index (χ1n) is 5.73. The molecule has 0 aromatic rings. The summed E-state index contributed by atoms with van der Waals surface area (Å²) in [6.07, 6.45) is 7.18. The quantitative estimate of drug-likeness (QED) is 0.440. The summed E-state index contributed by atoms with van der Waals surface area (Å²) in [5.74, 6) is 1.84. The van der Waals surface area contributed by atoms with Gasteiger partial charge in [0.1, 0.15) is 0 Å². The Labute approximate surface area is 102 Å². The van der Waals surface area contributed by atoms with Crippen LogP contribution in [0.4, 0.5) is 4.79 Å². The van der Waals surface area contributed by atoms with Gasteiger partial charge in [-0.1, -0.05) is 6.92 Å². The Morgan fingerprint density at radius 1 is 1.41 bits per heavy atom. The molecule has 1 atom stereocenters. The molecule has 5 nitrogen and oxygen atoms in total. The number of unbranched alkanes of at least 4 members (excludes halogenated alkanes) is 1. The summed E-state index contributed by atoms with van der Waals surface area (Å²) in [5, 5.41) is 13.9. The number of terminal acetylenes is 1. The first kappa shape index (κ1) is 15.3. The number of hydrogen-bond acceptors (Lipinski definition) is 2. The number of carbonyl (C=O) groups is 2. The molecular weight excluding hydrogens is 220 g/mol. The van der Waals surface area contributed by atoms with Crippen molar-refractivity contribution in [2.45, 2.75) is 32.6 Å². The molecule has 0 radical (unpaired) electrons. The third-order valence-electron chi connectivity index (χ3n) is 2.25. The number of nitrogens with one attached hydrogen (secondary N) is 2. The van der Waals surface area contributed by atoms with Crippen LogP contribution in [0.2, 0.25) is 0 Å². The van der Waals surface area contributed by atoms with E-state index in [0.717, 1.165) is 6.42 Å². The molecule has 1 unspecified atom stereocenters. The van der Waals surface area contributed by atoms with E-state index in [1.165, 1.54) is 0 Å². The molecule has 0 rings (SSSR count). The molecule has 0 bridgehead atoms. The van der Waals surface area contributed by atoms with Gasteiger partial charge in [-0.05, 0) is 18.8 Å². The minimum atomic E-state index is -0.810. The standard InChI is InChI=1S/C12H20N2O3/c1-3-4-5-8-13-12(17)14-9-10(2)6-7-11(15)16/h1,10H,4-9H2,2H3,(H,15,16)(H2,13,14,17). The van der Waals surface area contributed by atoms with Gasteiger partial charge in [0.2, 0.25) is 0 Å². The van der Waals surface area contributed by atoms with Gasteiger partial charge >= 0.3 is 12.0 Å². The molecule has 5 heteroatoms. The molecule has 2 amide bonds. The molecule has 0 aliphatic heterocycles. The summed E-state index contributed by atoms with van der Waals surface area (Å²) in [5.41, 5.74) is 0. The summed E-state index contributed by atoms with van der Waals surface area (Å²) in [4.78, 5) is 21.6. The number of amides is 2. The fourth-order valence-electron chi connectivity index (χ4n) is 1.19. The van der Waals surface area contributed by atoms with E-state index in [9.17, 15) is 9.59 Å². The van der Waals surface area contributed by atoms with Crippen LogP contribution in [-0.2, 0) is 4.79 Å². The molecule has 0 aliphatic carbocycles. The van der Waals surface area contributed by atoms with Crippen molar-refractivity contribution in [1.82, 2.24) is 10.6 Å². The van der Waals surface area contributed by atoms with Crippen molar-refractivity contribution in [3.63, 3.8) is 0 Å². The van der Waals surface area contributed by atoms with Gasteiger partial charge in [0.05, 0.1) is 0 Å². The van der Waals surface area contributed by atoms with E-state index in [1.54, 1.807) is 0 Å². The Bertz CT molecular complexity index is 284. The lowest BCUT2D eigenvalue weighted by molar-refractivity contribution is -0.137. The summed E-state index contributed by atoms with van der Waals surface area (Å²) in [6, 6.07) is -0.232. The number of carbonyl (C=O) groups excluding carboxylic acids is 1. The molecule has 0 fully saturated rings. The largest absolute Gasteiger partial charge is 0.481 e. The summed E-state index contributed by atoms with van der Waals surface area (Å²) < 4.78 is 0. The van der Waals surface area contributed by atoms with Crippen LogP contribution in [0, 0.1) is 18.3 Å². The van der Waals surface area contributed by atoms with Crippen LogP contribution < -0.4 is 10.6 Å². The normalized spacial score (nSPS) is 11.3. The third kappa shape index (κ3) is 10.6. The smallest absolute Gasteiger partial charge is 0.314 e. The maximum atomic E-state index is 11.3. The highest BCUT2D eigenvalue weighted by molar-refractivity contribution is 5.73. The molecule has 0 heterocycles. The maximum Gasteiger partial charge on any atom is 0.314 e. The fourth-order valence-corrected chi connectivity index (χ4v) is 1.19. The van der Waals surface area contributed by atoms with Gasteiger partial charge in [0.25, 0.3) is 0 Å². The minimum Gasteiger partial charge on any atom is -0.481 e. The highest BCUT2D eigenvalue weighted by atomic mass is 16.4. The topological polar surface area (TPSA) is 78.4 Å². The van der Waals surface area contributed by atoms with Crippen LogP contribution in [0.5, 0.6) is 0 Å². The number of aliphatic carboxylic acids is 1. The molecule has 96 valence electrons. The number of carboxylic acid groups (broad SMARTS) is 1. The molecule has 0 saturated carbocycles. The van der Waals surface area contributed by atoms with Crippen molar-refractivity contribution < 1.29 is 14.7 Å². The molecule has 3 N–H and O–H groups in total. The Balaban J connectivity index is 3.49. The molecular formula is C12H20N2O3. The van der Waals surface area contributed by atoms with Gasteiger partial charge in [-0.3, -0.25) is 4.79 Å². The van der Waals surface area contributed by atoms with Crippen molar-refractivity contribution in [1.29, 1.82) is 0 Å². The van der Waals surface area contributed by atoms with Crippen molar-refractivity contribution in [3.05, 3.63) is 0 Å². The van der Waals surface area contributed by atoms with Crippen LogP contribution in [0.1, 0.15) is 32.6 Å². The Morgan fingerprint density at radius 2 is 2.12 bits per heavy atom. The zero-order valence-electron chi connectivity index (χ0n) is 10.2. The molecule has 0 aromatic carbocycles. The van der Waals surface area contributed by atoms with Crippen molar-refractivity contribution in [3.8, 4) is 12.3 Å². The number of urea groups is 1. The molecule has 17 heavy (non-hydrogen) atoms.